The highest BCUT2D eigenvalue weighted by Gasteiger charge is 2.25. The van der Waals surface area contributed by atoms with Gasteiger partial charge in [-0.05, 0) is 68.4 Å². The first-order valence-corrected chi connectivity index (χ1v) is 12.0. The molecule has 36 heavy (non-hydrogen) atoms. The van der Waals surface area contributed by atoms with E-state index in [0.29, 0.717) is 11.3 Å². The molecule has 0 heterocycles. The van der Waals surface area contributed by atoms with Crippen LogP contribution in [0.25, 0.3) is 0 Å². The van der Waals surface area contributed by atoms with E-state index in [9.17, 15) is 19.5 Å². The van der Waals surface area contributed by atoms with E-state index in [-0.39, 0.29) is 18.0 Å². The van der Waals surface area contributed by atoms with Gasteiger partial charge in [-0.2, -0.15) is 0 Å². The Bertz CT molecular complexity index is 1060. The lowest BCUT2D eigenvalue weighted by Gasteiger charge is -2.19. The zero-order chi connectivity index (χ0) is 26.3. The summed E-state index contributed by atoms with van der Waals surface area (Å²) >= 11 is 0. The number of carbonyl (C=O) groups is 3. The van der Waals surface area contributed by atoms with Crippen LogP contribution in [0, 0.1) is 11.8 Å². The summed E-state index contributed by atoms with van der Waals surface area (Å²) in [5, 5.41) is 26.7. The molecule has 0 aliphatic heterocycles. The molecular weight excluding hydrogens is 460 g/mol. The maximum absolute atomic E-state index is 12.3. The van der Waals surface area contributed by atoms with Gasteiger partial charge in [0.1, 0.15) is 6.04 Å². The van der Waals surface area contributed by atoms with Crippen LogP contribution in [0.4, 0.5) is 5.69 Å². The Morgan fingerprint density at radius 2 is 1.53 bits per heavy atom. The summed E-state index contributed by atoms with van der Waals surface area (Å²) < 4.78 is 0. The van der Waals surface area contributed by atoms with Gasteiger partial charge in [0, 0.05) is 22.4 Å². The van der Waals surface area contributed by atoms with E-state index in [1.807, 2.05) is 12.1 Å². The van der Waals surface area contributed by atoms with Gasteiger partial charge in [0.05, 0.1) is 12.6 Å². The number of amides is 3. The van der Waals surface area contributed by atoms with Crippen molar-refractivity contribution >= 4 is 23.4 Å². The number of hydrogen-bond acceptors (Lipinski definition) is 6. The van der Waals surface area contributed by atoms with Crippen molar-refractivity contribution in [1.82, 2.24) is 16.1 Å². The number of hydrogen-bond donors (Lipinski definition) is 6. The number of rotatable bonds is 12. The van der Waals surface area contributed by atoms with Crippen LogP contribution >= 0.6 is 0 Å². The van der Waals surface area contributed by atoms with E-state index < -0.39 is 24.0 Å². The maximum atomic E-state index is 12.3. The molecule has 192 valence electrons. The third-order valence-corrected chi connectivity index (χ3v) is 5.32. The number of aliphatic hydroxyl groups is 1. The molecule has 2 aromatic rings. The molecule has 0 aromatic heterocycles. The first-order valence-electron chi connectivity index (χ1n) is 12.0. The highest BCUT2D eigenvalue weighted by molar-refractivity contribution is 5.97. The topological polar surface area (TPSA) is 140 Å². The number of anilines is 1. The van der Waals surface area contributed by atoms with Crippen molar-refractivity contribution in [3.8, 4) is 11.8 Å². The lowest BCUT2D eigenvalue weighted by molar-refractivity contribution is -0.133. The molecule has 3 amide bonds. The molecule has 0 aliphatic carbocycles. The molecule has 2 rings (SSSR count). The van der Waals surface area contributed by atoms with Gasteiger partial charge in [0.15, 0.2) is 0 Å². The number of hydroxylamine groups is 1. The predicted octanol–water partition coefficient (Wildman–Crippen LogP) is 2.18. The standard InChI is InChI=1S/C27H34N4O5/c1-3-4-5-6-17-28-18-24(33)29-23-15-11-21(12-16-23)8-7-20-9-13-22(14-10-20)26(34)30-25(19(2)32)27(35)31-36/h9-16,19,25,28,32,36H,3-6,17-18H2,1-2H3,(H,29,33)(H,30,34)(H,31,35)/t19-,25+/m1/s1. The Morgan fingerprint density at radius 3 is 2.08 bits per heavy atom. The van der Waals surface area contributed by atoms with Crippen LogP contribution in [0.1, 0.15) is 61.0 Å². The smallest absolute Gasteiger partial charge is 0.268 e. The quantitative estimate of drug-likeness (QED) is 0.116. The fourth-order valence-corrected chi connectivity index (χ4v) is 3.27. The molecule has 0 fully saturated rings. The van der Waals surface area contributed by atoms with Gasteiger partial charge in [-0.3, -0.25) is 19.6 Å². The Balaban J connectivity index is 1.87. The van der Waals surface area contributed by atoms with Gasteiger partial charge in [-0.15, -0.1) is 0 Å². The minimum Gasteiger partial charge on any atom is -0.391 e. The zero-order valence-corrected chi connectivity index (χ0v) is 20.6. The van der Waals surface area contributed by atoms with Crippen molar-refractivity contribution < 1.29 is 24.7 Å². The van der Waals surface area contributed by atoms with Crippen molar-refractivity contribution in [1.29, 1.82) is 0 Å². The highest BCUT2D eigenvalue weighted by atomic mass is 16.5. The number of benzene rings is 2. The molecule has 0 unspecified atom stereocenters. The predicted molar refractivity (Wildman–Crippen MR) is 137 cm³/mol. The zero-order valence-electron chi connectivity index (χ0n) is 20.6. The lowest BCUT2D eigenvalue weighted by Crippen LogP contribution is -2.51. The van der Waals surface area contributed by atoms with Crippen LogP contribution in [0.2, 0.25) is 0 Å². The molecule has 9 heteroatoms. The summed E-state index contributed by atoms with van der Waals surface area (Å²) in [4.78, 5) is 35.9. The number of aliphatic hydroxyl groups excluding tert-OH is 1. The second-order valence-corrected chi connectivity index (χ2v) is 8.36. The van der Waals surface area contributed by atoms with E-state index in [4.69, 9.17) is 5.21 Å². The van der Waals surface area contributed by atoms with Crippen LogP contribution in [-0.4, -0.2) is 53.3 Å². The molecule has 2 atom stereocenters. The minimum absolute atomic E-state index is 0.0924. The van der Waals surface area contributed by atoms with Crippen molar-refractivity contribution in [3.63, 3.8) is 0 Å². The maximum Gasteiger partial charge on any atom is 0.268 e. The van der Waals surface area contributed by atoms with Crippen molar-refractivity contribution in [2.24, 2.45) is 0 Å². The van der Waals surface area contributed by atoms with Crippen LogP contribution in [0.5, 0.6) is 0 Å². The van der Waals surface area contributed by atoms with Gasteiger partial charge < -0.3 is 21.1 Å². The fourth-order valence-electron chi connectivity index (χ4n) is 3.27. The summed E-state index contributed by atoms with van der Waals surface area (Å²) in [6, 6.07) is 12.3. The number of unbranched alkanes of at least 4 members (excludes halogenated alkanes) is 3. The first-order chi connectivity index (χ1) is 17.3. The van der Waals surface area contributed by atoms with E-state index in [1.54, 1.807) is 36.4 Å². The SMILES string of the molecule is CCCCCCNCC(=O)Nc1ccc(C#Cc2ccc(C(=O)N[C@H](C(=O)NO)[C@@H](C)O)cc2)cc1. The van der Waals surface area contributed by atoms with Gasteiger partial charge in [-0.25, -0.2) is 5.48 Å². The second-order valence-electron chi connectivity index (χ2n) is 8.36. The largest absolute Gasteiger partial charge is 0.391 e. The molecular formula is C27H34N4O5. The number of carbonyl (C=O) groups excluding carboxylic acids is 3. The normalized spacial score (nSPS) is 12.0. The average Bonchev–Trinajstić information content (AvgIpc) is 2.88. The number of nitrogens with one attached hydrogen (secondary N) is 4. The minimum atomic E-state index is -1.29. The van der Waals surface area contributed by atoms with E-state index in [2.05, 4.69) is 34.7 Å². The monoisotopic (exact) mass is 494 g/mol. The Hall–Kier alpha value is -3.71. The molecule has 6 N–H and O–H groups in total. The molecule has 2 aromatic carbocycles. The van der Waals surface area contributed by atoms with Gasteiger partial charge in [0.2, 0.25) is 5.91 Å². The molecule has 0 saturated heterocycles. The van der Waals surface area contributed by atoms with Gasteiger partial charge in [0.25, 0.3) is 11.8 Å². The summed E-state index contributed by atoms with van der Waals surface area (Å²) in [7, 11) is 0. The highest BCUT2D eigenvalue weighted by Crippen LogP contribution is 2.10. The summed E-state index contributed by atoms with van der Waals surface area (Å²) in [5.74, 6) is 4.45. The second kappa shape index (κ2) is 15.3. The third kappa shape index (κ3) is 9.88. The van der Waals surface area contributed by atoms with E-state index >= 15 is 0 Å². The molecule has 0 spiro atoms. The summed E-state index contributed by atoms with van der Waals surface area (Å²) in [6.45, 7) is 4.60. The first kappa shape index (κ1) is 28.5. The molecule has 0 saturated carbocycles. The van der Waals surface area contributed by atoms with E-state index in [1.165, 1.54) is 31.7 Å². The lowest BCUT2D eigenvalue weighted by atomic mass is 10.1. The van der Waals surface area contributed by atoms with Gasteiger partial charge in [-0.1, -0.05) is 38.0 Å². The van der Waals surface area contributed by atoms with Crippen molar-refractivity contribution in [2.45, 2.75) is 51.7 Å². The molecule has 0 bridgehead atoms. The Labute approximate surface area is 211 Å². The molecule has 0 radical (unpaired) electrons. The van der Waals surface area contributed by atoms with Gasteiger partial charge >= 0.3 is 0 Å². The van der Waals surface area contributed by atoms with Crippen molar-refractivity contribution in [2.75, 3.05) is 18.4 Å². The summed E-state index contributed by atoms with van der Waals surface area (Å²) in [6.07, 6.45) is 3.44. The molecule has 9 nitrogen and oxygen atoms in total. The summed E-state index contributed by atoms with van der Waals surface area (Å²) in [5.41, 5.74) is 3.82. The van der Waals surface area contributed by atoms with Crippen LogP contribution < -0.4 is 21.4 Å². The average molecular weight is 495 g/mol. The van der Waals surface area contributed by atoms with Crippen LogP contribution in [0.15, 0.2) is 48.5 Å². The fraction of sp³-hybridized carbons (Fsp3) is 0.370. The van der Waals surface area contributed by atoms with E-state index in [0.717, 1.165) is 18.5 Å². The Kier molecular flexibility index (Phi) is 12.1. The van der Waals surface area contributed by atoms with Crippen LogP contribution in [0.3, 0.4) is 0 Å². The third-order valence-electron chi connectivity index (χ3n) is 5.32. The van der Waals surface area contributed by atoms with Crippen LogP contribution in [-0.2, 0) is 9.59 Å². The molecule has 0 aliphatic rings. The Morgan fingerprint density at radius 1 is 0.917 bits per heavy atom. The van der Waals surface area contributed by atoms with Crippen molar-refractivity contribution in [3.05, 3.63) is 65.2 Å².